The van der Waals surface area contributed by atoms with E-state index in [1.54, 1.807) is 30.3 Å². The van der Waals surface area contributed by atoms with E-state index in [-0.39, 0.29) is 18.4 Å². The number of rotatable bonds is 4. The first-order valence-electron chi connectivity index (χ1n) is 10.2. The maximum absolute atomic E-state index is 12.6. The standard InChI is InChI=1S/C23H21N3O4/c27-20(13-26-22(29)17-5-1-2-6-18(17)23(26)30)24-16-10-9-14-4-3-11-25(19(14)12-16)21(28)15-7-8-15/h1-2,5-6,9-10,12,15H,3-4,7-8,11,13H2,(H,24,27). The Labute approximate surface area is 173 Å². The molecule has 152 valence electrons. The molecule has 0 radical (unpaired) electrons. The van der Waals surface area contributed by atoms with Gasteiger partial charge in [0, 0.05) is 23.8 Å². The molecule has 1 fully saturated rings. The van der Waals surface area contributed by atoms with Crippen LogP contribution in [0.15, 0.2) is 42.5 Å². The number of fused-ring (bicyclic) bond motifs is 2. The van der Waals surface area contributed by atoms with E-state index in [1.165, 1.54) is 0 Å². The van der Waals surface area contributed by atoms with Crippen LogP contribution in [0.1, 0.15) is 45.5 Å². The fraction of sp³-hybridized carbons (Fsp3) is 0.304. The van der Waals surface area contributed by atoms with Gasteiger partial charge in [0.1, 0.15) is 6.54 Å². The van der Waals surface area contributed by atoms with Crippen LogP contribution < -0.4 is 10.2 Å². The summed E-state index contributed by atoms with van der Waals surface area (Å²) < 4.78 is 0. The molecule has 1 saturated carbocycles. The van der Waals surface area contributed by atoms with E-state index in [9.17, 15) is 19.2 Å². The first-order valence-corrected chi connectivity index (χ1v) is 10.2. The van der Waals surface area contributed by atoms with E-state index < -0.39 is 17.7 Å². The second-order valence-corrected chi connectivity index (χ2v) is 8.00. The number of amides is 4. The summed E-state index contributed by atoms with van der Waals surface area (Å²) in [6.45, 7) is 0.336. The van der Waals surface area contributed by atoms with E-state index in [1.807, 2.05) is 17.0 Å². The van der Waals surface area contributed by atoms with Crippen molar-refractivity contribution in [3.8, 4) is 0 Å². The summed E-state index contributed by atoms with van der Waals surface area (Å²) in [4.78, 5) is 52.9. The monoisotopic (exact) mass is 403 g/mol. The van der Waals surface area contributed by atoms with Crippen molar-refractivity contribution in [3.63, 3.8) is 0 Å². The van der Waals surface area contributed by atoms with Gasteiger partial charge < -0.3 is 10.2 Å². The van der Waals surface area contributed by atoms with Gasteiger partial charge >= 0.3 is 0 Å². The van der Waals surface area contributed by atoms with Gasteiger partial charge in [-0.05, 0) is 55.5 Å². The van der Waals surface area contributed by atoms with Gasteiger partial charge in [-0.2, -0.15) is 0 Å². The number of anilines is 2. The van der Waals surface area contributed by atoms with Crippen molar-refractivity contribution in [2.45, 2.75) is 25.7 Å². The fourth-order valence-corrected chi connectivity index (χ4v) is 4.16. The van der Waals surface area contributed by atoms with Gasteiger partial charge in [0.05, 0.1) is 11.1 Å². The fourth-order valence-electron chi connectivity index (χ4n) is 4.16. The summed E-state index contributed by atoms with van der Waals surface area (Å²) in [5, 5.41) is 2.77. The highest BCUT2D eigenvalue weighted by atomic mass is 16.2. The highest BCUT2D eigenvalue weighted by molar-refractivity contribution is 6.22. The maximum Gasteiger partial charge on any atom is 0.262 e. The number of hydrogen-bond acceptors (Lipinski definition) is 4. The molecule has 7 nitrogen and oxygen atoms in total. The molecule has 1 aliphatic carbocycles. The molecule has 2 aromatic carbocycles. The van der Waals surface area contributed by atoms with Crippen molar-refractivity contribution >= 4 is 35.0 Å². The van der Waals surface area contributed by atoms with Crippen LogP contribution in [0.3, 0.4) is 0 Å². The molecule has 2 aliphatic heterocycles. The van der Waals surface area contributed by atoms with Gasteiger partial charge in [-0.25, -0.2) is 0 Å². The zero-order valence-electron chi connectivity index (χ0n) is 16.4. The van der Waals surface area contributed by atoms with E-state index in [0.717, 1.165) is 41.8 Å². The van der Waals surface area contributed by atoms with Gasteiger partial charge in [-0.1, -0.05) is 18.2 Å². The van der Waals surface area contributed by atoms with E-state index in [2.05, 4.69) is 5.32 Å². The molecule has 3 aliphatic rings. The van der Waals surface area contributed by atoms with Crippen molar-refractivity contribution in [2.75, 3.05) is 23.3 Å². The van der Waals surface area contributed by atoms with Crippen LogP contribution in [-0.4, -0.2) is 41.6 Å². The van der Waals surface area contributed by atoms with Gasteiger partial charge in [0.15, 0.2) is 0 Å². The molecular formula is C23H21N3O4. The van der Waals surface area contributed by atoms with Gasteiger partial charge in [0.25, 0.3) is 11.8 Å². The Morgan fingerprint density at radius 1 is 1.00 bits per heavy atom. The number of aryl methyl sites for hydroxylation is 1. The average molecular weight is 403 g/mol. The number of carbonyl (C=O) groups is 4. The van der Waals surface area contributed by atoms with Crippen molar-refractivity contribution in [1.82, 2.24) is 4.90 Å². The predicted octanol–water partition coefficient (Wildman–Crippen LogP) is 2.61. The Balaban J connectivity index is 1.31. The summed E-state index contributed by atoms with van der Waals surface area (Å²) in [5.74, 6) is -1.09. The largest absolute Gasteiger partial charge is 0.324 e. The first-order chi connectivity index (χ1) is 14.5. The molecule has 5 rings (SSSR count). The zero-order valence-corrected chi connectivity index (χ0v) is 16.4. The first kappa shape index (κ1) is 18.5. The molecule has 0 bridgehead atoms. The summed E-state index contributed by atoms with van der Waals surface area (Å²) >= 11 is 0. The normalized spacial score (nSPS) is 17.6. The number of hydrogen-bond donors (Lipinski definition) is 1. The zero-order chi connectivity index (χ0) is 20.8. The van der Waals surface area contributed by atoms with Crippen LogP contribution in [0.2, 0.25) is 0 Å². The molecule has 30 heavy (non-hydrogen) atoms. The lowest BCUT2D eigenvalue weighted by molar-refractivity contribution is -0.120. The van der Waals surface area contributed by atoms with Gasteiger partial charge in [-0.3, -0.25) is 24.1 Å². The third-order valence-electron chi connectivity index (χ3n) is 5.86. The quantitative estimate of drug-likeness (QED) is 0.795. The Morgan fingerprint density at radius 3 is 2.37 bits per heavy atom. The molecular weight excluding hydrogens is 382 g/mol. The number of nitrogens with one attached hydrogen (secondary N) is 1. The lowest BCUT2D eigenvalue weighted by Crippen LogP contribution is -2.38. The highest BCUT2D eigenvalue weighted by Crippen LogP contribution is 2.37. The summed E-state index contributed by atoms with van der Waals surface area (Å²) in [7, 11) is 0. The number of carbonyl (C=O) groups excluding carboxylic acids is 4. The van der Waals surface area contributed by atoms with Crippen LogP contribution in [-0.2, 0) is 16.0 Å². The molecule has 0 atom stereocenters. The third-order valence-corrected chi connectivity index (χ3v) is 5.86. The highest BCUT2D eigenvalue weighted by Gasteiger charge is 2.37. The minimum atomic E-state index is -0.461. The Hall–Kier alpha value is -3.48. The van der Waals surface area contributed by atoms with Crippen LogP contribution in [0.25, 0.3) is 0 Å². The molecule has 0 saturated heterocycles. The lowest BCUT2D eigenvalue weighted by atomic mass is 10.0. The van der Waals surface area contributed by atoms with Crippen LogP contribution in [0.5, 0.6) is 0 Å². The Bertz CT molecular complexity index is 1050. The van der Waals surface area contributed by atoms with Crippen LogP contribution >= 0.6 is 0 Å². The van der Waals surface area contributed by atoms with Gasteiger partial charge in [-0.15, -0.1) is 0 Å². The molecule has 0 aromatic heterocycles. The minimum absolute atomic E-state index is 0.128. The number of benzene rings is 2. The average Bonchev–Trinajstić information content (AvgIpc) is 3.58. The maximum atomic E-state index is 12.6. The van der Waals surface area contributed by atoms with Crippen molar-refractivity contribution < 1.29 is 19.2 Å². The van der Waals surface area contributed by atoms with E-state index >= 15 is 0 Å². The second kappa shape index (κ2) is 7.09. The lowest BCUT2D eigenvalue weighted by Gasteiger charge is -2.30. The van der Waals surface area contributed by atoms with E-state index in [0.29, 0.717) is 23.4 Å². The topological polar surface area (TPSA) is 86.8 Å². The molecule has 2 aromatic rings. The Kier molecular flexibility index (Phi) is 4.38. The molecule has 2 heterocycles. The number of imide groups is 1. The van der Waals surface area contributed by atoms with E-state index in [4.69, 9.17) is 0 Å². The Morgan fingerprint density at radius 2 is 1.70 bits per heavy atom. The number of nitrogens with zero attached hydrogens (tertiary/aromatic N) is 2. The van der Waals surface area contributed by atoms with Crippen molar-refractivity contribution in [3.05, 3.63) is 59.2 Å². The minimum Gasteiger partial charge on any atom is -0.324 e. The third kappa shape index (κ3) is 3.16. The van der Waals surface area contributed by atoms with Gasteiger partial charge in [0.2, 0.25) is 11.8 Å². The van der Waals surface area contributed by atoms with Crippen molar-refractivity contribution in [2.24, 2.45) is 5.92 Å². The molecule has 7 heteroatoms. The van der Waals surface area contributed by atoms with Crippen molar-refractivity contribution in [1.29, 1.82) is 0 Å². The molecule has 0 unspecified atom stereocenters. The predicted molar refractivity (Wildman–Crippen MR) is 110 cm³/mol. The smallest absolute Gasteiger partial charge is 0.262 e. The summed E-state index contributed by atoms with van der Waals surface area (Å²) in [6, 6.07) is 12.1. The molecule has 1 N–H and O–H groups in total. The SMILES string of the molecule is O=C(CN1C(=O)c2ccccc2C1=O)Nc1ccc2c(c1)N(C(=O)C1CC1)CCC2. The van der Waals surface area contributed by atoms with Crippen LogP contribution in [0.4, 0.5) is 11.4 Å². The molecule has 4 amide bonds. The van der Waals surface area contributed by atoms with Crippen LogP contribution in [0, 0.1) is 5.92 Å². The summed E-state index contributed by atoms with van der Waals surface area (Å²) in [5.41, 5.74) is 3.12. The summed E-state index contributed by atoms with van der Waals surface area (Å²) in [6.07, 6.45) is 3.71. The second-order valence-electron chi connectivity index (χ2n) is 8.00. The molecule has 0 spiro atoms.